The predicted molar refractivity (Wildman–Crippen MR) is 72.2 cm³/mol. The van der Waals surface area contributed by atoms with Crippen LogP contribution in [-0.2, 0) is 0 Å². The van der Waals surface area contributed by atoms with E-state index in [1.54, 1.807) is 12.4 Å². The van der Waals surface area contributed by atoms with Gasteiger partial charge in [-0.3, -0.25) is 4.57 Å². The summed E-state index contributed by atoms with van der Waals surface area (Å²) < 4.78 is 1.91. The van der Waals surface area contributed by atoms with E-state index in [2.05, 4.69) is 31.0 Å². The number of rotatable bonds is 1. The van der Waals surface area contributed by atoms with Gasteiger partial charge in [0.15, 0.2) is 0 Å². The SMILES string of the molecule is Cc1cc2ncn(-c3ccccc3O)c2cc1C. The smallest absolute Gasteiger partial charge is 0.139 e. The molecule has 0 aliphatic carbocycles. The molecule has 0 amide bonds. The van der Waals surface area contributed by atoms with Gasteiger partial charge in [0.25, 0.3) is 0 Å². The van der Waals surface area contributed by atoms with Crippen LogP contribution in [0.4, 0.5) is 0 Å². The van der Waals surface area contributed by atoms with Crippen LogP contribution in [-0.4, -0.2) is 14.7 Å². The minimum Gasteiger partial charge on any atom is -0.506 e. The van der Waals surface area contributed by atoms with Gasteiger partial charge in [0.05, 0.1) is 16.7 Å². The first kappa shape index (κ1) is 10.8. The van der Waals surface area contributed by atoms with Gasteiger partial charge >= 0.3 is 0 Å². The molecule has 1 N–H and O–H groups in total. The van der Waals surface area contributed by atoms with E-state index in [0.29, 0.717) is 0 Å². The minimum atomic E-state index is 0.259. The number of imidazole rings is 1. The molecule has 0 radical (unpaired) electrons. The third-order valence-electron chi connectivity index (χ3n) is 3.30. The summed E-state index contributed by atoms with van der Waals surface area (Å²) in [5.41, 5.74) is 5.16. The van der Waals surface area contributed by atoms with Crippen LogP contribution in [0.1, 0.15) is 11.1 Å². The fraction of sp³-hybridized carbons (Fsp3) is 0.133. The highest BCUT2D eigenvalue weighted by Crippen LogP contribution is 2.26. The van der Waals surface area contributed by atoms with Crippen LogP contribution in [0.3, 0.4) is 0 Å². The van der Waals surface area contributed by atoms with Gasteiger partial charge in [-0.2, -0.15) is 0 Å². The van der Waals surface area contributed by atoms with Crippen molar-refractivity contribution in [3.05, 3.63) is 53.9 Å². The number of phenols is 1. The zero-order chi connectivity index (χ0) is 12.7. The lowest BCUT2D eigenvalue weighted by atomic mass is 10.1. The molecule has 0 bridgehead atoms. The molecule has 0 atom stereocenters. The molecule has 0 aliphatic rings. The topological polar surface area (TPSA) is 38.0 Å². The molecule has 0 unspecified atom stereocenters. The van der Waals surface area contributed by atoms with Crippen molar-refractivity contribution in [3.63, 3.8) is 0 Å². The molecule has 3 nitrogen and oxygen atoms in total. The van der Waals surface area contributed by atoms with Gasteiger partial charge in [-0.15, -0.1) is 0 Å². The number of nitrogens with zero attached hydrogens (tertiary/aromatic N) is 2. The zero-order valence-electron chi connectivity index (χ0n) is 10.4. The van der Waals surface area contributed by atoms with Gasteiger partial charge < -0.3 is 5.11 Å². The highest BCUT2D eigenvalue weighted by molar-refractivity contribution is 5.79. The highest BCUT2D eigenvalue weighted by atomic mass is 16.3. The number of fused-ring (bicyclic) bond motifs is 1. The Morgan fingerprint density at radius 2 is 1.78 bits per heavy atom. The molecular formula is C15H14N2O. The van der Waals surface area contributed by atoms with Crippen molar-refractivity contribution in [2.45, 2.75) is 13.8 Å². The van der Waals surface area contributed by atoms with Crippen molar-refractivity contribution in [1.29, 1.82) is 0 Å². The molecular weight excluding hydrogens is 224 g/mol. The first-order chi connectivity index (χ1) is 8.66. The Kier molecular flexibility index (Phi) is 2.33. The summed E-state index contributed by atoms with van der Waals surface area (Å²) in [4.78, 5) is 4.39. The molecule has 0 fully saturated rings. The van der Waals surface area contributed by atoms with E-state index in [0.717, 1.165) is 16.7 Å². The van der Waals surface area contributed by atoms with E-state index < -0.39 is 0 Å². The van der Waals surface area contributed by atoms with Crippen molar-refractivity contribution < 1.29 is 5.11 Å². The Balaban J connectivity index is 2.31. The predicted octanol–water partition coefficient (Wildman–Crippen LogP) is 3.35. The van der Waals surface area contributed by atoms with Gasteiger partial charge in [0.2, 0.25) is 0 Å². The zero-order valence-corrected chi connectivity index (χ0v) is 10.4. The summed E-state index contributed by atoms with van der Waals surface area (Å²) in [7, 11) is 0. The molecule has 18 heavy (non-hydrogen) atoms. The molecule has 0 saturated heterocycles. The quantitative estimate of drug-likeness (QED) is 0.706. The van der Waals surface area contributed by atoms with E-state index in [4.69, 9.17) is 0 Å². The number of hydrogen-bond acceptors (Lipinski definition) is 2. The summed E-state index contributed by atoms with van der Waals surface area (Å²) in [6.07, 6.45) is 1.75. The van der Waals surface area contributed by atoms with Gasteiger partial charge in [-0.05, 0) is 49.2 Å². The number of benzene rings is 2. The van der Waals surface area contributed by atoms with Crippen molar-refractivity contribution in [3.8, 4) is 11.4 Å². The van der Waals surface area contributed by atoms with Crippen LogP contribution >= 0.6 is 0 Å². The lowest BCUT2D eigenvalue weighted by Crippen LogP contribution is -1.93. The fourth-order valence-corrected chi connectivity index (χ4v) is 2.12. The average Bonchev–Trinajstić information content (AvgIpc) is 2.73. The monoisotopic (exact) mass is 238 g/mol. The Morgan fingerprint density at radius 1 is 1.06 bits per heavy atom. The summed E-state index contributed by atoms with van der Waals surface area (Å²) >= 11 is 0. The van der Waals surface area contributed by atoms with Gasteiger partial charge in [-0.1, -0.05) is 12.1 Å². The third kappa shape index (κ3) is 1.56. The molecule has 3 heteroatoms. The largest absolute Gasteiger partial charge is 0.506 e. The summed E-state index contributed by atoms with van der Waals surface area (Å²) in [5.74, 6) is 0.259. The first-order valence-electron chi connectivity index (χ1n) is 5.89. The maximum absolute atomic E-state index is 9.92. The van der Waals surface area contributed by atoms with Crippen LogP contribution in [0.25, 0.3) is 16.7 Å². The molecule has 0 spiro atoms. The van der Waals surface area contributed by atoms with Crippen LogP contribution in [0, 0.1) is 13.8 Å². The second-order valence-electron chi connectivity index (χ2n) is 4.53. The number of hydrogen-bond donors (Lipinski definition) is 1. The van der Waals surface area contributed by atoms with Crippen molar-refractivity contribution in [2.75, 3.05) is 0 Å². The lowest BCUT2D eigenvalue weighted by Gasteiger charge is -2.07. The van der Waals surface area contributed by atoms with Crippen molar-refractivity contribution >= 4 is 11.0 Å². The maximum Gasteiger partial charge on any atom is 0.139 e. The summed E-state index contributed by atoms with van der Waals surface area (Å²) in [5, 5.41) is 9.92. The average molecular weight is 238 g/mol. The fourth-order valence-electron chi connectivity index (χ4n) is 2.12. The van der Waals surface area contributed by atoms with Gasteiger partial charge in [-0.25, -0.2) is 4.98 Å². The van der Waals surface area contributed by atoms with Gasteiger partial charge in [0.1, 0.15) is 12.1 Å². The van der Waals surface area contributed by atoms with Crippen LogP contribution in [0.5, 0.6) is 5.75 Å². The first-order valence-corrected chi connectivity index (χ1v) is 5.89. The third-order valence-corrected chi connectivity index (χ3v) is 3.30. The summed E-state index contributed by atoms with van der Waals surface area (Å²) in [6.45, 7) is 4.16. The molecule has 3 aromatic rings. The lowest BCUT2D eigenvalue weighted by molar-refractivity contribution is 0.472. The molecule has 2 aromatic carbocycles. The normalized spacial score (nSPS) is 11.0. The van der Waals surface area contributed by atoms with E-state index in [1.807, 2.05) is 22.8 Å². The van der Waals surface area contributed by atoms with Crippen LogP contribution in [0.15, 0.2) is 42.7 Å². The number of aromatic nitrogens is 2. The van der Waals surface area contributed by atoms with Crippen LogP contribution in [0.2, 0.25) is 0 Å². The molecule has 0 aliphatic heterocycles. The van der Waals surface area contributed by atoms with Crippen LogP contribution < -0.4 is 0 Å². The van der Waals surface area contributed by atoms with E-state index in [9.17, 15) is 5.11 Å². The van der Waals surface area contributed by atoms with E-state index in [1.165, 1.54) is 11.1 Å². The highest BCUT2D eigenvalue weighted by Gasteiger charge is 2.09. The minimum absolute atomic E-state index is 0.259. The maximum atomic E-state index is 9.92. The van der Waals surface area contributed by atoms with E-state index in [-0.39, 0.29) is 5.75 Å². The van der Waals surface area contributed by atoms with Crippen molar-refractivity contribution in [1.82, 2.24) is 9.55 Å². The number of para-hydroxylation sites is 2. The number of phenolic OH excluding ortho intramolecular Hbond substituents is 1. The Hall–Kier alpha value is -2.29. The second kappa shape index (κ2) is 3.88. The number of aromatic hydroxyl groups is 1. The van der Waals surface area contributed by atoms with Gasteiger partial charge in [0, 0.05) is 0 Å². The Bertz CT molecular complexity index is 728. The molecule has 1 aromatic heterocycles. The summed E-state index contributed by atoms with van der Waals surface area (Å²) in [6, 6.07) is 11.5. The number of aryl methyl sites for hydroxylation is 2. The molecule has 1 heterocycles. The molecule has 0 saturated carbocycles. The standard InChI is InChI=1S/C15H14N2O/c1-10-7-12-14(8-11(10)2)17(9-16-12)13-5-3-4-6-15(13)18/h3-9,18H,1-2H3. The Morgan fingerprint density at radius 3 is 2.56 bits per heavy atom. The Labute approximate surface area is 105 Å². The second-order valence-corrected chi connectivity index (χ2v) is 4.53. The molecule has 90 valence electrons. The molecule has 3 rings (SSSR count). The van der Waals surface area contributed by atoms with E-state index >= 15 is 0 Å². The van der Waals surface area contributed by atoms with Crippen molar-refractivity contribution in [2.24, 2.45) is 0 Å².